The van der Waals surface area contributed by atoms with Gasteiger partial charge in [-0.25, -0.2) is 0 Å². The highest BCUT2D eigenvalue weighted by atomic mass is 35.5. The standard InChI is InChI=1S/C14H20ClNO/c15-13-7-3-4-8-14(13)17-10-9-16-11-12-5-1-2-6-12/h3-4,7-8,12,16H,1-2,5-6,9-11H2. The molecule has 2 nitrogen and oxygen atoms in total. The monoisotopic (exact) mass is 253 g/mol. The van der Waals surface area contributed by atoms with Gasteiger partial charge in [-0.2, -0.15) is 0 Å². The molecule has 1 aromatic rings. The molecule has 1 aliphatic rings. The summed E-state index contributed by atoms with van der Waals surface area (Å²) in [5, 5.41) is 4.13. The van der Waals surface area contributed by atoms with Gasteiger partial charge in [0.25, 0.3) is 0 Å². The first-order chi connectivity index (χ1) is 8.36. The fourth-order valence-electron chi connectivity index (χ4n) is 2.32. The lowest BCUT2D eigenvalue weighted by atomic mass is 10.1. The number of ether oxygens (including phenoxy) is 1. The number of nitrogens with one attached hydrogen (secondary N) is 1. The molecule has 0 unspecified atom stereocenters. The molecule has 1 aromatic carbocycles. The summed E-state index contributed by atoms with van der Waals surface area (Å²) < 4.78 is 5.61. The molecule has 0 aliphatic heterocycles. The third-order valence-corrected chi connectivity index (χ3v) is 3.59. The first kappa shape index (κ1) is 12.7. The van der Waals surface area contributed by atoms with Crippen LogP contribution in [0.3, 0.4) is 0 Å². The summed E-state index contributed by atoms with van der Waals surface area (Å²) in [6, 6.07) is 7.60. The number of para-hydroxylation sites is 1. The predicted octanol–water partition coefficient (Wildman–Crippen LogP) is 3.50. The average Bonchev–Trinajstić information content (AvgIpc) is 2.84. The van der Waals surface area contributed by atoms with Gasteiger partial charge in [-0.1, -0.05) is 36.6 Å². The van der Waals surface area contributed by atoms with E-state index in [0.717, 1.165) is 24.8 Å². The third-order valence-electron chi connectivity index (χ3n) is 3.28. The van der Waals surface area contributed by atoms with Crippen LogP contribution in [-0.4, -0.2) is 19.7 Å². The minimum atomic E-state index is 0.677. The van der Waals surface area contributed by atoms with Crippen LogP contribution in [0.15, 0.2) is 24.3 Å². The normalized spacial score (nSPS) is 16.3. The van der Waals surface area contributed by atoms with E-state index in [1.807, 2.05) is 24.3 Å². The molecule has 17 heavy (non-hydrogen) atoms. The molecule has 0 amide bonds. The van der Waals surface area contributed by atoms with Gasteiger partial charge in [-0.3, -0.25) is 0 Å². The highest BCUT2D eigenvalue weighted by molar-refractivity contribution is 6.32. The van der Waals surface area contributed by atoms with Crippen LogP contribution in [0, 0.1) is 5.92 Å². The maximum absolute atomic E-state index is 6.00. The summed E-state index contributed by atoms with van der Waals surface area (Å²) >= 11 is 6.00. The van der Waals surface area contributed by atoms with Crippen molar-refractivity contribution in [2.24, 2.45) is 5.92 Å². The number of hydrogen-bond acceptors (Lipinski definition) is 2. The SMILES string of the molecule is Clc1ccccc1OCCNCC1CCCC1. The Bertz CT molecular complexity index is 337. The summed E-state index contributed by atoms with van der Waals surface area (Å²) in [5.41, 5.74) is 0. The van der Waals surface area contributed by atoms with Crippen molar-refractivity contribution in [3.63, 3.8) is 0 Å². The quantitative estimate of drug-likeness (QED) is 0.784. The van der Waals surface area contributed by atoms with Gasteiger partial charge in [0.05, 0.1) is 5.02 Å². The molecule has 1 saturated carbocycles. The second-order valence-electron chi connectivity index (χ2n) is 4.63. The van der Waals surface area contributed by atoms with Gasteiger partial charge in [-0.05, 0) is 37.4 Å². The minimum absolute atomic E-state index is 0.677. The highest BCUT2D eigenvalue weighted by Crippen LogP contribution is 2.24. The van der Waals surface area contributed by atoms with Crippen molar-refractivity contribution in [3.05, 3.63) is 29.3 Å². The Kier molecular flexibility index (Phi) is 5.14. The van der Waals surface area contributed by atoms with E-state index >= 15 is 0 Å². The van der Waals surface area contributed by atoms with Crippen LogP contribution in [0.2, 0.25) is 5.02 Å². The van der Waals surface area contributed by atoms with Crippen molar-refractivity contribution in [1.82, 2.24) is 5.32 Å². The van der Waals surface area contributed by atoms with E-state index in [1.165, 1.54) is 25.7 Å². The zero-order chi connectivity index (χ0) is 11.9. The maximum atomic E-state index is 6.00. The van der Waals surface area contributed by atoms with Crippen molar-refractivity contribution in [2.75, 3.05) is 19.7 Å². The van der Waals surface area contributed by atoms with Gasteiger partial charge in [0.2, 0.25) is 0 Å². The summed E-state index contributed by atoms with van der Waals surface area (Å²) in [4.78, 5) is 0. The van der Waals surface area contributed by atoms with Crippen LogP contribution in [-0.2, 0) is 0 Å². The van der Waals surface area contributed by atoms with Crippen LogP contribution in [0.5, 0.6) is 5.75 Å². The average molecular weight is 254 g/mol. The topological polar surface area (TPSA) is 21.3 Å². The summed E-state index contributed by atoms with van der Waals surface area (Å²) in [6.45, 7) is 2.70. The molecule has 0 radical (unpaired) electrons. The zero-order valence-corrected chi connectivity index (χ0v) is 10.9. The second kappa shape index (κ2) is 6.87. The Balaban J connectivity index is 1.58. The first-order valence-corrected chi connectivity index (χ1v) is 6.82. The first-order valence-electron chi connectivity index (χ1n) is 6.44. The lowest BCUT2D eigenvalue weighted by Crippen LogP contribution is -2.26. The molecule has 1 fully saturated rings. The van der Waals surface area contributed by atoms with Crippen molar-refractivity contribution in [3.8, 4) is 5.75 Å². The second-order valence-corrected chi connectivity index (χ2v) is 5.04. The molecule has 0 heterocycles. The molecular formula is C14H20ClNO. The van der Waals surface area contributed by atoms with Gasteiger partial charge in [0.15, 0.2) is 0 Å². The molecule has 1 N–H and O–H groups in total. The molecule has 94 valence electrons. The molecule has 0 saturated heterocycles. The molecule has 1 aliphatic carbocycles. The largest absolute Gasteiger partial charge is 0.491 e. The lowest BCUT2D eigenvalue weighted by Gasteiger charge is -2.11. The van der Waals surface area contributed by atoms with Gasteiger partial charge in [0.1, 0.15) is 12.4 Å². The van der Waals surface area contributed by atoms with Crippen LogP contribution in [0.25, 0.3) is 0 Å². The Morgan fingerprint density at radius 2 is 2.00 bits per heavy atom. The van der Waals surface area contributed by atoms with Crippen LogP contribution < -0.4 is 10.1 Å². The van der Waals surface area contributed by atoms with Crippen LogP contribution in [0.1, 0.15) is 25.7 Å². The molecule has 0 bridgehead atoms. The van der Waals surface area contributed by atoms with Crippen LogP contribution >= 0.6 is 11.6 Å². The zero-order valence-electron chi connectivity index (χ0n) is 10.1. The van der Waals surface area contributed by atoms with Crippen molar-refractivity contribution in [2.45, 2.75) is 25.7 Å². The Morgan fingerprint density at radius 3 is 2.76 bits per heavy atom. The Hall–Kier alpha value is -0.730. The number of halogens is 1. The fourth-order valence-corrected chi connectivity index (χ4v) is 2.51. The lowest BCUT2D eigenvalue weighted by molar-refractivity contribution is 0.309. The molecule has 0 atom stereocenters. The van der Waals surface area contributed by atoms with E-state index in [-0.39, 0.29) is 0 Å². The van der Waals surface area contributed by atoms with Crippen molar-refractivity contribution >= 4 is 11.6 Å². The van der Waals surface area contributed by atoms with E-state index in [2.05, 4.69) is 5.32 Å². The number of rotatable bonds is 6. The third kappa shape index (κ3) is 4.21. The van der Waals surface area contributed by atoms with Crippen molar-refractivity contribution in [1.29, 1.82) is 0 Å². The summed E-state index contributed by atoms with van der Waals surface area (Å²) in [5.74, 6) is 1.66. The molecular weight excluding hydrogens is 234 g/mol. The number of hydrogen-bond donors (Lipinski definition) is 1. The summed E-state index contributed by atoms with van der Waals surface area (Å²) in [6.07, 6.45) is 5.59. The van der Waals surface area contributed by atoms with Crippen LogP contribution in [0.4, 0.5) is 0 Å². The van der Waals surface area contributed by atoms with E-state index in [1.54, 1.807) is 0 Å². The maximum Gasteiger partial charge on any atom is 0.137 e. The molecule has 0 aromatic heterocycles. The predicted molar refractivity (Wildman–Crippen MR) is 71.8 cm³/mol. The fraction of sp³-hybridized carbons (Fsp3) is 0.571. The molecule has 3 heteroatoms. The summed E-state index contributed by atoms with van der Waals surface area (Å²) in [7, 11) is 0. The minimum Gasteiger partial charge on any atom is -0.491 e. The highest BCUT2D eigenvalue weighted by Gasteiger charge is 2.13. The van der Waals surface area contributed by atoms with Gasteiger partial charge >= 0.3 is 0 Å². The Labute approximate surface area is 108 Å². The van der Waals surface area contributed by atoms with Gasteiger partial charge in [0, 0.05) is 6.54 Å². The number of benzene rings is 1. The van der Waals surface area contributed by atoms with E-state index < -0.39 is 0 Å². The van der Waals surface area contributed by atoms with E-state index in [9.17, 15) is 0 Å². The van der Waals surface area contributed by atoms with Gasteiger partial charge < -0.3 is 10.1 Å². The molecule has 0 spiro atoms. The van der Waals surface area contributed by atoms with Gasteiger partial charge in [-0.15, -0.1) is 0 Å². The molecule has 2 rings (SSSR count). The Morgan fingerprint density at radius 1 is 1.24 bits per heavy atom. The smallest absolute Gasteiger partial charge is 0.137 e. The van der Waals surface area contributed by atoms with Crippen molar-refractivity contribution < 1.29 is 4.74 Å². The van der Waals surface area contributed by atoms with E-state index in [0.29, 0.717) is 11.6 Å². The van der Waals surface area contributed by atoms with E-state index in [4.69, 9.17) is 16.3 Å².